The lowest BCUT2D eigenvalue weighted by Gasteiger charge is -2.10. The molecule has 0 spiro atoms. The average molecular weight is 416 g/mol. The Labute approximate surface area is 179 Å². The quantitative estimate of drug-likeness (QED) is 0.468. The maximum absolute atomic E-state index is 5.77. The first-order valence-electron chi connectivity index (χ1n) is 10.1. The maximum atomic E-state index is 5.77. The number of ether oxygens (including phenoxy) is 1. The number of aryl methyl sites for hydroxylation is 5. The average Bonchev–Trinajstić information content (AvgIpc) is 3.36. The van der Waals surface area contributed by atoms with Crippen molar-refractivity contribution in [3.8, 4) is 16.9 Å². The van der Waals surface area contributed by atoms with Gasteiger partial charge in [-0.15, -0.1) is 0 Å². The fourth-order valence-corrected chi connectivity index (χ4v) is 4.37. The molecule has 0 unspecified atom stereocenters. The molecule has 5 aromatic rings. The third-order valence-electron chi connectivity index (χ3n) is 5.87. The van der Waals surface area contributed by atoms with Crippen molar-refractivity contribution >= 4 is 21.9 Å². The van der Waals surface area contributed by atoms with Crippen LogP contribution in [-0.2, 0) is 13.5 Å². The Bertz CT molecular complexity index is 1420. The van der Waals surface area contributed by atoms with Crippen LogP contribution >= 0.6 is 0 Å². The SMILES string of the molecule is COc1cc2c(cc1-c1c(C)noc1C)[nH]c1nc(C)nc(Cc3c(C)cnn3C)c12. The van der Waals surface area contributed by atoms with E-state index >= 15 is 0 Å². The number of methoxy groups -OCH3 is 1. The van der Waals surface area contributed by atoms with Crippen LogP contribution in [0.1, 0.15) is 34.2 Å². The van der Waals surface area contributed by atoms with Crippen molar-refractivity contribution in [2.24, 2.45) is 7.05 Å². The van der Waals surface area contributed by atoms with E-state index in [2.05, 4.69) is 33.2 Å². The lowest BCUT2D eigenvalue weighted by atomic mass is 10.00. The standard InChI is InChI=1S/C23H24N6O2/c1-11-10-24-29(5)19(11)9-18-22-15-8-20(30-6)16(21-12(2)28-31-13(21)3)7-17(15)27-23(22)26-14(4)25-18/h7-8,10H,9H2,1-6H3,(H,25,26,27). The molecule has 5 rings (SSSR count). The second kappa shape index (κ2) is 6.94. The Balaban J connectivity index is 1.78. The van der Waals surface area contributed by atoms with Crippen LogP contribution in [0, 0.1) is 27.7 Å². The van der Waals surface area contributed by atoms with E-state index in [0.717, 1.165) is 73.0 Å². The molecule has 0 radical (unpaired) electrons. The van der Waals surface area contributed by atoms with E-state index in [-0.39, 0.29) is 0 Å². The Kier molecular flexibility index (Phi) is 4.32. The van der Waals surface area contributed by atoms with Gasteiger partial charge in [-0.2, -0.15) is 5.10 Å². The monoisotopic (exact) mass is 416 g/mol. The zero-order valence-corrected chi connectivity index (χ0v) is 18.5. The number of hydrogen-bond donors (Lipinski definition) is 1. The number of hydrogen-bond acceptors (Lipinski definition) is 6. The minimum Gasteiger partial charge on any atom is -0.496 e. The summed E-state index contributed by atoms with van der Waals surface area (Å²) in [4.78, 5) is 12.9. The van der Waals surface area contributed by atoms with Crippen molar-refractivity contribution in [3.05, 3.63) is 52.6 Å². The zero-order chi connectivity index (χ0) is 21.9. The van der Waals surface area contributed by atoms with Crippen LogP contribution in [0.2, 0.25) is 0 Å². The van der Waals surface area contributed by atoms with E-state index in [0.29, 0.717) is 6.42 Å². The fraction of sp³-hybridized carbons (Fsp3) is 0.304. The predicted octanol–water partition coefficient (Wildman–Crippen LogP) is 4.33. The van der Waals surface area contributed by atoms with Gasteiger partial charge in [0.25, 0.3) is 0 Å². The third kappa shape index (κ3) is 2.98. The molecule has 158 valence electrons. The Morgan fingerprint density at radius 1 is 1.13 bits per heavy atom. The summed E-state index contributed by atoms with van der Waals surface area (Å²) in [7, 11) is 3.64. The molecular weight excluding hydrogens is 392 g/mol. The molecule has 1 N–H and O–H groups in total. The molecule has 4 heterocycles. The Morgan fingerprint density at radius 3 is 2.58 bits per heavy atom. The van der Waals surface area contributed by atoms with Gasteiger partial charge < -0.3 is 14.2 Å². The van der Waals surface area contributed by atoms with E-state index in [1.54, 1.807) is 7.11 Å². The van der Waals surface area contributed by atoms with E-state index in [9.17, 15) is 0 Å². The molecule has 4 aromatic heterocycles. The molecule has 0 aliphatic heterocycles. The molecule has 0 fully saturated rings. The summed E-state index contributed by atoms with van der Waals surface area (Å²) in [5.41, 5.74) is 7.74. The topological polar surface area (TPSA) is 94.7 Å². The summed E-state index contributed by atoms with van der Waals surface area (Å²) in [6.07, 6.45) is 2.55. The van der Waals surface area contributed by atoms with Crippen molar-refractivity contribution < 1.29 is 9.26 Å². The summed E-state index contributed by atoms with van der Waals surface area (Å²) >= 11 is 0. The smallest absolute Gasteiger partial charge is 0.142 e. The normalized spacial score (nSPS) is 11.7. The number of fused-ring (bicyclic) bond motifs is 3. The lowest BCUT2D eigenvalue weighted by molar-refractivity contribution is 0.393. The second-order valence-electron chi connectivity index (χ2n) is 7.94. The molecule has 0 aliphatic carbocycles. The van der Waals surface area contributed by atoms with E-state index in [1.165, 1.54) is 0 Å². The first-order chi connectivity index (χ1) is 14.9. The lowest BCUT2D eigenvalue weighted by Crippen LogP contribution is -2.04. The molecule has 0 saturated carbocycles. The van der Waals surface area contributed by atoms with Gasteiger partial charge in [0.05, 0.1) is 30.3 Å². The maximum Gasteiger partial charge on any atom is 0.142 e. The van der Waals surface area contributed by atoms with Crippen molar-refractivity contribution in [1.82, 2.24) is 29.9 Å². The minimum atomic E-state index is 0.670. The van der Waals surface area contributed by atoms with E-state index in [4.69, 9.17) is 14.2 Å². The molecule has 8 nitrogen and oxygen atoms in total. The van der Waals surface area contributed by atoms with Gasteiger partial charge in [-0.3, -0.25) is 4.68 Å². The van der Waals surface area contributed by atoms with Crippen LogP contribution in [0.4, 0.5) is 0 Å². The highest BCUT2D eigenvalue weighted by Gasteiger charge is 2.21. The van der Waals surface area contributed by atoms with Crippen molar-refractivity contribution in [3.63, 3.8) is 0 Å². The first-order valence-corrected chi connectivity index (χ1v) is 10.1. The molecule has 0 saturated heterocycles. The molecule has 31 heavy (non-hydrogen) atoms. The highest BCUT2D eigenvalue weighted by atomic mass is 16.5. The highest BCUT2D eigenvalue weighted by molar-refractivity contribution is 6.09. The number of rotatable bonds is 4. The van der Waals surface area contributed by atoms with Crippen molar-refractivity contribution in [1.29, 1.82) is 0 Å². The summed E-state index contributed by atoms with van der Waals surface area (Å²) in [6, 6.07) is 4.13. The van der Waals surface area contributed by atoms with Crippen LogP contribution in [0.25, 0.3) is 33.1 Å². The zero-order valence-electron chi connectivity index (χ0n) is 18.5. The van der Waals surface area contributed by atoms with Crippen LogP contribution in [0.15, 0.2) is 22.9 Å². The van der Waals surface area contributed by atoms with Gasteiger partial charge in [0.1, 0.15) is 23.0 Å². The summed E-state index contributed by atoms with van der Waals surface area (Å²) in [5.74, 6) is 2.24. The van der Waals surface area contributed by atoms with Crippen LogP contribution in [0.5, 0.6) is 5.75 Å². The van der Waals surface area contributed by atoms with E-state index < -0.39 is 0 Å². The Morgan fingerprint density at radius 2 is 1.94 bits per heavy atom. The summed E-state index contributed by atoms with van der Waals surface area (Å²) in [6.45, 7) is 7.83. The number of aromatic amines is 1. The van der Waals surface area contributed by atoms with Gasteiger partial charge in [-0.1, -0.05) is 5.16 Å². The number of benzene rings is 1. The molecule has 0 aliphatic rings. The number of H-pyrrole nitrogens is 1. The molecule has 8 heteroatoms. The predicted molar refractivity (Wildman–Crippen MR) is 118 cm³/mol. The second-order valence-corrected chi connectivity index (χ2v) is 7.94. The Hall–Kier alpha value is -3.68. The molecule has 0 atom stereocenters. The molecular formula is C23H24N6O2. The van der Waals surface area contributed by atoms with E-state index in [1.807, 2.05) is 44.8 Å². The van der Waals surface area contributed by atoms with Gasteiger partial charge in [0, 0.05) is 41.0 Å². The number of nitrogens with zero attached hydrogens (tertiary/aromatic N) is 5. The third-order valence-corrected chi connectivity index (χ3v) is 5.87. The highest BCUT2D eigenvalue weighted by Crippen LogP contribution is 2.40. The first kappa shape index (κ1) is 19.3. The number of nitrogens with one attached hydrogen (secondary N) is 1. The fourth-order valence-electron chi connectivity index (χ4n) is 4.37. The van der Waals surface area contributed by atoms with Gasteiger partial charge in [-0.25, -0.2) is 9.97 Å². The van der Waals surface area contributed by atoms with Gasteiger partial charge in [0.15, 0.2) is 0 Å². The van der Waals surface area contributed by atoms with Crippen LogP contribution in [0.3, 0.4) is 0 Å². The van der Waals surface area contributed by atoms with Gasteiger partial charge in [-0.05, 0) is 45.4 Å². The summed E-state index contributed by atoms with van der Waals surface area (Å²) < 4.78 is 13.1. The molecule has 1 aromatic carbocycles. The summed E-state index contributed by atoms with van der Waals surface area (Å²) in [5, 5.41) is 10.5. The van der Waals surface area contributed by atoms with Crippen LogP contribution in [-0.4, -0.2) is 37.0 Å². The van der Waals surface area contributed by atoms with Crippen molar-refractivity contribution in [2.45, 2.75) is 34.1 Å². The number of aromatic nitrogens is 6. The molecule has 0 bridgehead atoms. The largest absolute Gasteiger partial charge is 0.496 e. The van der Waals surface area contributed by atoms with Gasteiger partial charge >= 0.3 is 0 Å². The van der Waals surface area contributed by atoms with Crippen molar-refractivity contribution in [2.75, 3.05) is 7.11 Å². The van der Waals surface area contributed by atoms with Crippen LogP contribution < -0.4 is 4.74 Å². The van der Waals surface area contributed by atoms with Gasteiger partial charge in [0.2, 0.25) is 0 Å². The molecule has 0 amide bonds. The minimum absolute atomic E-state index is 0.670.